The number of Topliss-reactive ketones (excluding diaryl/α,β-unsaturated/α-hetero) is 1. The summed E-state index contributed by atoms with van der Waals surface area (Å²) in [6.45, 7) is 8.33. The Kier molecular flexibility index (Phi) is 3.36. The molecular weight excluding hydrogens is 323 g/mol. The van der Waals surface area contributed by atoms with Gasteiger partial charge in [-0.1, -0.05) is 26.5 Å². The lowest BCUT2D eigenvalue weighted by atomic mass is 9.48. The van der Waals surface area contributed by atoms with Crippen LogP contribution in [0.4, 0.5) is 4.39 Å². The van der Waals surface area contributed by atoms with Crippen molar-refractivity contribution in [3.63, 3.8) is 0 Å². The average Bonchev–Trinajstić information content (AvgIpc) is 2.75. The SMILES string of the molecule is C=C1C[C@@H]2[C@H](CC[C@]3(C)C(=O)[C@@H](F)C[C@@H]23)[C@@]2(C)C=CC(=O)C(S)=C12. The number of rotatable bonds is 0. The van der Waals surface area contributed by atoms with E-state index in [0.29, 0.717) is 17.2 Å². The second-order valence-corrected chi connectivity index (χ2v) is 8.86. The van der Waals surface area contributed by atoms with Gasteiger partial charge in [0, 0.05) is 10.8 Å². The number of ketones is 2. The lowest BCUT2D eigenvalue weighted by molar-refractivity contribution is -0.134. The first-order valence-corrected chi connectivity index (χ1v) is 9.18. The molecule has 0 bridgehead atoms. The van der Waals surface area contributed by atoms with Crippen LogP contribution in [0.25, 0.3) is 0 Å². The lowest BCUT2D eigenvalue weighted by Crippen LogP contribution is -2.50. The van der Waals surface area contributed by atoms with E-state index in [-0.39, 0.29) is 28.8 Å². The van der Waals surface area contributed by atoms with Crippen LogP contribution >= 0.6 is 12.6 Å². The summed E-state index contributed by atoms with van der Waals surface area (Å²) < 4.78 is 14.2. The van der Waals surface area contributed by atoms with E-state index in [1.165, 1.54) is 0 Å². The fraction of sp³-hybridized carbons (Fsp3) is 0.600. The van der Waals surface area contributed by atoms with Crippen molar-refractivity contribution in [1.29, 1.82) is 0 Å². The molecule has 0 heterocycles. The maximum atomic E-state index is 14.2. The first kappa shape index (κ1) is 16.3. The Morgan fingerprint density at radius 1 is 1.29 bits per heavy atom. The fourth-order valence-corrected chi connectivity index (χ4v) is 6.57. The van der Waals surface area contributed by atoms with Crippen LogP contribution in [0.3, 0.4) is 0 Å². The van der Waals surface area contributed by atoms with Gasteiger partial charge < -0.3 is 0 Å². The second-order valence-electron chi connectivity index (χ2n) is 8.41. The molecule has 0 saturated heterocycles. The van der Waals surface area contributed by atoms with E-state index in [9.17, 15) is 14.0 Å². The summed E-state index contributed by atoms with van der Waals surface area (Å²) in [5.41, 5.74) is 1.07. The molecule has 24 heavy (non-hydrogen) atoms. The summed E-state index contributed by atoms with van der Waals surface area (Å²) >= 11 is 4.47. The third kappa shape index (κ3) is 1.84. The molecular formula is C20H23FO2S. The number of thiol groups is 1. The summed E-state index contributed by atoms with van der Waals surface area (Å²) in [4.78, 5) is 25.0. The predicted molar refractivity (Wildman–Crippen MR) is 94.4 cm³/mol. The molecule has 128 valence electrons. The fourth-order valence-electron chi connectivity index (χ4n) is 6.10. The van der Waals surface area contributed by atoms with E-state index in [0.717, 1.165) is 30.4 Å². The van der Waals surface area contributed by atoms with Gasteiger partial charge in [0.2, 0.25) is 0 Å². The Labute approximate surface area is 147 Å². The van der Waals surface area contributed by atoms with Crippen LogP contribution in [0.2, 0.25) is 0 Å². The molecule has 4 aliphatic carbocycles. The van der Waals surface area contributed by atoms with Gasteiger partial charge in [-0.15, -0.1) is 12.6 Å². The predicted octanol–water partition coefficient (Wildman–Crippen LogP) is 4.24. The number of halogens is 1. The standard InChI is InChI=1S/C20H23FO2S/c1-10-8-11-12(19(2)7-5-15(22)17(24)16(10)19)4-6-20(3)13(11)9-14(21)18(20)23/h5,7,11-14,24H,1,4,6,8-9H2,2-3H3/t11-,12+,13+,14+,19-,20+/m1/s1. The third-order valence-electron chi connectivity index (χ3n) is 7.33. The topological polar surface area (TPSA) is 34.1 Å². The Balaban J connectivity index is 1.80. The summed E-state index contributed by atoms with van der Waals surface area (Å²) in [6.07, 6.45) is 4.99. The maximum absolute atomic E-state index is 14.2. The summed E-state index contributed by atoms with van der Waals surface area (Å²) in [5.74, 6) is 0.357. The lowest BCUT2D eigenvalue weighted by Gasteiger charge is -2.56. The van der Waals surface area contributed by atoms with Crippen LogP contribution in [0, 0.1) is 28.6 Å². The number of fused-ring (bicyclic) bond motifs is 5. The average molecular weight is 346 g/mol. The zero-order valence-corrected chi connectivity index (χ0v) is 15.0. The molecule has 4 rings (SSSR count). The molecule has 0 spiro atoms. The van der Waals surface area contributed by atoms with Crippen molar-refractivity contribution in [2.24, 2.45) is 28.6 Å². The molecule has 4 heteroatoms. The van der Waals surface area contributed by atoms with Crippen molar-refractivity contribution in [3.05, 3.63) is 34.8 Å². The molecule has 3 saturated carbocycles. The van der Waals surface area contributed by atoms with E-state index >= 15 is 0 Å². The highest BCUT2D eigenvalue weighted by Gasteiger charge is 2.62. The molecule has 0 amide bonds. The van der Waals surface area contributed by atoms with Crippen LogP contribution in [0.5, 0.6) is 0 Å². The Morgan fingerprint density at radius 3 is 2.71 bits per heavy atom. The first-order chi connectivity index (χ1) is 11.2. The molecule has 0 aromatic rings. The molecule has 0 N–H and O–H groups in total. The first-order valence-electron chi connectivity index (χ1n) is 8.74. The highest BCUT2D eigenvalue weighted by Crippen LogP contribution is 2.65. The van der Waals surface area contributed by atoms with Crippen LogP contribution in [-0.2, 0) is 9.59 Å². The molecule has 0 aromatic carbocycles. The maximum Gasteiger partial charge on any atom is 0.191 e. The van der Waals surface area contributed by atoms with Crippen LogP contribution in [-0.4, -0.2) is 17.7 Å². The number of carbonyl (C=O) groups excluding carboxylic acids is 2. The molecule has 2 nitrogen and oxygen atoms in total. The Bertz CT molecular complexity index is 736. The summed E-state index contributed by atoms with van der Waals surface area (Å²) in [6, 6.07) is 0. The van der Waals surface area contributed by atoms with Gasteiger partial charge in [-0.25, -0.2) is 4.39 Å². The zero-order valence-electron chi connectivity index (χ0n) is 14.1. The number of hydrogen-bond acceptors (Lipinski definition) is 3. The van der Waals surface area contributed by atoms with Gasteiger partial charge in [-0.2, -0.15) is 0 Å². The van der Waals surface area contributed by atoms with Crippen LogP contribution in [0.1, 0.15) is 39.5 Å². The molecule has 3 fully saturated rings. The van der Waals surface area contributed by atoms with Gasteiger partial charge in [0.05, 0.1) is 4.91 Å². The van der Waals surface area contributed by atoms with E-state index < -0.39 is 11.6 Å². The minimum absolute atomic E-state index is 0.0640. The molecule has 0 aromatic heterocycles. The van der Waals surface area contributed by atoms with Crippen molar-refractivity contribution in [1.82, 2.24) is 0 Å². The Hall–Kier alpha value is -1.16. The van der Waals surface area contributed by atoms with Gasteiger partial charge in [0.15, 0.2) is 17.7 Å². The van der Waals surface area contributed by atoms with E-state index in [1.54, 1.807) is 6.08 Å². The number of allylic oxidation sites excluding steroid dienone is 5. The highest BCUT2D eigenvalue weighted by molar-refractivity contribution is 7.85. The van der Waals surface area contributed by atoms with Gasteiger partial charge >= 0.3 is 0 Å². The normalized spacial score (nSPS) is 47.6. The highest BCUT2D eigenvalue weighted by atomic mass is 32.1. The van der Waals surface area contributed by atoms with Gasteiger partial charge in [0.25, 0.3) is 0 Å². The van der Waals surface area contributed by atoms with Gasteiger partial charge in [0.1, 0.15) is 0 Å². The van der Waals surface area contributed by atoms with Gasteiger partial charge in [-0.05, 0) is 60.7 Å². The van der Waals surface area contributed by atoms with Crippen LogP contribution in [0.15, 0.2) is 34.8 Å². The minimum atomic E-state index is -1.32. The largest absolute Gasteiger partial charge is 0.296 e. The molecule has 4 aliphatic rings. The number of alkyl halides is 1. The zero-order chi connectivity index (χ0) is 17.4. The third-order valence-corrected chi connectivity index (χ3v) is 7.77. The molecule has 0 unspecified atom stereocenters. The van der Waals surface area contributed by atoms with Crippen molar-refractivity contribution in [2.75, 3.05) is 0 Å². The van der Waals surface area contributed by atoms with E-state index in [4.69, 9.17) is 0 Å². The van der Waals surface area contributed by atoms with Crippen molar-refractivity contribution < 1.29 is 14.0 Å². The molecule has 0 radical (unpaired) electrons. The smallest absolute Gasteiger partial charge is 0.191 e. The van der Waals surface area contributed by atoms with Crippen molar-refractivity contribution in [2.45, 2.75) is 45.7 Å². The van der Waals surface area contributed by atoms with Gasteiger partial charge in [-0.3, -0.25) is 9.59 Å². The number of hydrogen-bond donors (Lipinski definition) is 1. The van der Waals surface area contributed by atoms with E-state index in [1.807, 2.05) is 13.0 Å². The van der Waals surface area contributed by atoms with Crippen LogP contribution < -0.4 is 0 Å². The second kappa shape index (κ2) is 4.94. The summed E-state index contributed by atoms with van der Waals surface area (Å²) in [7, 11) is 0. The summed E-state index contributed by atoms with van der Waals surface area (Å²) in [5, 5.41) is 0. The monoisotopic (exact) mass is 346 g/mol. The quantitative estimate of drug-likeness (QED) is 0.666. The van der Waals surface area contributed by atoms with Crippen molar-refractivity contribution in [3.8, 4) is 0 Å². The minimum Gasteiger partial charge on any atom is -0.296 e. The molecule has 6 atom stereocenters. The Morgan fingerprint density at radius 2 is 2.00 bits per heavy atom. The number of carbonyl (C=O) groups is 2. The van der Waals surface area contributed by atoms with E-state index in [2.05, 4.69) is 26.1 Å². The molecule has 0 aliphatic heterocycles. The van der Waals surface area contributed by atoms with Crippen molar-refractivity contribution >= 4 is 24.2 Å².